The molecule has 0 unspecified atom stereocenters. The van der Waals surface area contributed by atoms with Crippen LogP contribution in [0.3, 0.4) is 0 Å². The highest BCUT2D eigenvalue weighted by atomic mass is 35.5. The Morgan fingerprint density at radius 3 is 2.81 bits per heavy atom. The highest BCUT2D eigenvalue weighted by Gasteiger charge is 2.08. The first-order valence-corrected chi connectivity index (χ1v) is 4.87. The van der Waals surface area contributed by atoms with Gasteiger partial charge in [0.05, 0.1) is 17.6 Å². The summed E-state index contributed by atoms with van der Waals surface area (Å²) in [6, 6.07) is 6.42. The van der Waals surface area contributed by atoms with Crippen molar-refractivity contribution in [1.82, 2.24) is 4.98 Å². The fraction of sp³-hybridized carbons (Fsp3) is 0.0909. The topological polar surface area (TPSA) is 59.4 Å². The molecule has 0 saturated heterocycles. The zero-order chi connectivity index (χ0) is 11.7. The third-order valence-corrected chi connectivity index (χ3v) is 2.48. The van der Waals surface area contributed by atoms with Crippen molar-refractivity contribution in [2.24, 2.45) is 0 Å². The Morgan fingerprint density at radius 1 is 1.44 bits per heavy atom. The first kappa shape index (κ1) is 10.7. The number of hydrogen-bond acceptors (Lipinski definition) is 3. The minimum atomic E-state index is -1.06. The number of halogens is 1. The van der Waals surface area contributed by atoms with Gasteiger partial charge in [0.15, 0.2) is 0 Å². The molecule has 82 valence electrons. The fourth-order valence-corrected chi connectivity index (χ4v) is 1.64. The van der Waals surface area contributed by atoms with E-state index in [1.807, 2.05) is 0 Å². The van der Waals surface area contributed by atoms with Crippen molar-refractivity contribution in [1.29, 1.82) is 0 Å². The van der Waals surface area contributed by atoms with E-state index in [0.29, 0.717) is 16.3 Å². The molecule has 1 aromatic heterocycles. The third-order valence-electron chi connectivity index (χ3n) is 2.18. The molecule has 4 nitrogen and oxygen atoms in total. The quantitative estimate of drug-likeness (QED) is 0.872. The molecule has 2 aromatic rings. The monoisotopic (exact) mass is 237 g/mol. The molecule has 0 aliphatic carbocycles. The number of rotatable bonds is 2. The molecule has 16 heavy (non-hydrogen) atoms. The van der Waals surface area contributed by atoms with Crippen LogP contribution >= 0.6 is 11.6 Å². The molecule has 0 atom stereocenters. The fourth-order valence-electron chi connectivity index (χ4n) is 1.40. The first-order valence-electron chi connectivity index (χ1n) is 4.49. The summed E-state index contributed by atoms with van der Waals surface area (Å²) < 4.78 is 5.05. The van der Waals surface area contributed by atoms with Gasteiger partial charge in [-0.25, -0.2) is 9.78 Å². The maximum absolute atomic E-state index is 10.7. The van der Waals surface area contributed by atoms with E-state index < -0.39 is 5.97 Å². The molecule has 0 aliphatic rings. The number of methoxy groups -OCH3 is 1. The second-order valence-corrected chi connectivity index (χ2v) is 3.59. The maximum Gasteiger partial charge on any atom is 0.354 e. The van der Waals surface area contributed by atoms with Gasteiger partial charge in [0, 0.05) is 5.39 Å². The van der Waals surface area contributed by atoms with Gasteiger partial charge in [-0.05, 0) is 18.2 Å². The molecule has 0 fully saturated rings. The number of fused-ring (bicyclic) bond motifs is 1. The van der Waals surface area contributed by atoms with Crippen molar-refractivity contribution in [2.75, 3.05) is 7.11 Å². The lowest BCUT2D eigenvalue weighted by atomic mass is 10.2. The SMILES string of the molecule is COc1cc2ccc(C(=O)O)nc2cc1Cl. The molecule has 5 heteroatoms. The van der Waals surface area contributed by atoms with Crippen LogP contribution in [0.25, 0.3) is 10.9 Å². The van der Waals surface area contributed by atoms with Gasteiger partial charge in [-0.3, -0.25) is 0 Å². The van der Waals surface area contributed by atoms with E-state index in [1.54, 1.807) is 18.2 Å². The molecule has 0 bridgehead atoms. The molecule has 0 radical (unpaired) electrons. The van der Waals surface area contributed by atoms with Crippen LogP contribution in [0.5, 0.6) is 5.75 Å². The van der Waals surface area contributed by atoms with Crippen molar-refractivity contribution in [3.63, 3.8) is 0 Å². The molecular formula is C11H8ClNO3. The number of hydrogen-bond donors (Lipinski definition) is 1. The Hall–Kier alpha value is -1.81. The molecule has 1 heterocycles. The lowest BCUT2D eigenvalue weighted by Gasteiger charge is -2.05. The molecule has 1 aromatic carbocycles. The lowest BCUT2D eigenvalue weighted by Crippen LogP contribution is -1.99. The van der Waals surface area contributed by atoms with Crippen LogP contribution in [0.1, 0.15) is 10.5 Å². The van der Waals surface area contributed by atoms with Crippen LogP contribution in [-0.2, 0) is 0 Å². The van der Waals surface area contributed by atoms with Gasteiger partial charge in [0.2, 0.25) is 0 Å². The van der Waals surface area contributed by atoms with Crippen molar-refractivity contribution < 1.29 is 14.6 Å². The number of ether oxygens (including phenoxy) is 1. The van der Waals surface area contributed by atoms with Crippen molar-refractivity contribution in [3.8, 4) is 5.75 Å². The minimum Gasteiger partial charge on any atom is -0.495 e. The Kier molecular flexibility index (Phi) is 2.66. The Balaban J connectivity index is 2.66. The standard InChI is InChI=1S/C11H8ClNO3/c1-16-10-4-6-2-3-8(11(14)15)13-9(6)5-7(10)12/h2-5H,1H3,(H,14,15). The second kappa shape index (κ2) is 3.98. The average molecular weight is 238 g/mol. The van der Waals surface area contributed by atoms with Gasteiger partial charge in [0.25, 0.3) is 0 Å². The zero-order valence-electron chi connectivity index (χ0n) is 8.40. The molecule has 0 amide bonds. The summed E-state index contributed by atoms with van der Waals surface area (Å²) >= 11 is 5.92. The van der Waals surface area contributed by atoms with Crippen LogP contribution in [-0.4, -0.2) is 23.2 Å². The predicted octanol–water partition coefficient (Wildman–Crippen LogP) is 2.60. The average Bonchev–Trinajstić information content (AvgIpc) is 2.27. The number of pyridine rings is 1. The second-order valence-electron chi connectivity index (χ2n) is 3.18. The Bertz CT molecular complexity index is 568. The molecular weight excluding hydrogens is 230 g/mol. The van der Waals surface area contributed by atoms with Gasteiger partial charge in [-0.1, -0.05) is 17.7 Å². The van der Waals surface area contributed by atoms with Gasteiger partial charge in [0.1, 0.15) is 11.4 Å². The summed E-state index contributed by atoms with van der Waals surface area (Å²) in [4.78, 5) is 14.7. The molecule has 0 saturated carbocycles. The summed E-state index contributed by atoms with van der Waals surface area (Å²) in [5, 5.41) is 9.99. The summed E-state index contributed by atoms with van der Waals surface area (Å²) in [5.41, 5.74) is 0.527. The highest BCUT2D eigenvalue weighted by Crippen LogP contribution is 2.28. The van der Waals surface area contributed by atoms with Crippen LogP contribution in [0.2, 0.25) is 5.02 Å². The van der Waals surface area contributed by atoms with Crippen LogP contribution in [0.15, 0.2) is 24.3 Å². The lowest BCUT2D eigenvalue weighted by molar-refractivity contribution is 0.0691. The van der Waals surface area contributed by atoms with Crippen molar-refractivity contribution >= 4 is 28.5 Å². The van der Waals surface area contributed by atoms with Crippen LogP contribution in [0, 0.1) is 0 Å². The van der Waals surface area contributed by atoms with Gasteiger partial charge in [-0.2, -0.15) is 0 Å². The van der Waals surface area contributed by atoms with Gasteiger partial charge >= 0.3 is 5.97 Å². The maximum atomic E-state index is 10.7. The van der Waals surface area contributed by atoms with Crippen molar-refractivity contribution in [2.45, 2.75) is 0 Å². The molecule has 0 spiro atoms. The predicted molar refractivity (Wildman–Crippen MR) is 60.3 cm³/mol. The highest BCUT2D eigenvalue weighted by molar-refractivity contribution is 6.32. The Labute approximate surface area is 96.4 Å². The third kappa shape index (κ3) is 1.79. The summed E-state index contributed by atoms with van der Waals surface area (Å²) in [5.74, 6) is -0.520. The summed E-state index contributed by atoms with van der Waals surface area (Å²) in [7, 11) is 1.52. The number of nitrogens with zero attached hydrogens (tertiary/aromatic N) is 1. The van der Waals surface area contributed by atoms with Crippen LogP contribution < -0.4 is 4.74 Å². The van der Waals surface area contributed by atoms with Gasteiger partial charge < -0.3 is 9.84 Å². The first-order chi connectivity index (χ1) is 7.61. The summed E-state index contributed by atoms with van der Waals surface area (Å²) in [6.07, 6.45) is 0. The number of aromatic nitrogens is 1. The van der Waals surface area contributed by atoms with Crippen LogP contribution in [0.4, 0.5) is 0 Å². The van der Waals surface area contributed by atoms with Crippen molar-refractivity contribution in [3.05, 3.63) is 35.0 Å². The smallest absolute Gasteiger partial charge is 0.354 e. The summed E-state index contributed by atoms with van der Waals surface area (Å²) in [6.45, 7) is 0. The number of carboxylic acids is 1. The molecule has 0 aliphatic heterocycles. The van der Waals surface area contributed by atoms with E-state index in [4.69, 9.17) is 21.4 Å². The molecule has 2 rings (SSSR count). The number of aromatic carboxylic acids is 1. The van der Waals surface area contributed by atoms with Gasteiger partial charge in [-0.15, -0.1) is 0 Å². The minimum absolute atomic E-state index is 0.00580. The van der Waals surface area contributed by atoms with E-state index in [1.165, 1.54) is 13.2 Å². The van der Waals surface area contributed by atoms with E-state index in [2.05, 4.69) is 4.98 Å². The Morgan fingerprint density at radius 2 is 2.19 bits per heavy atom. The van der Waals surface area contributed by atoms with E-state index in [0.717, 1.165) is 5.39 Å². The van der Waals surface area contributed by atoms with E-state index in [9.17, 15) is 4.79 Å². The zero-order valence-corrected chi connectivity index (χ0v) is 9.15. The largest absolute Gasteiger partial charge is 0.495 e. The number of carboxylic acid groups (broad SMARTS) is 1. The number of carbonyl (C=O) groups is 1. The molecule has 1 N–H and O–H groups in total. The number of benzene rings is 1. The van der Waals surface area contributed by atoms with E-state index in [-0.39, 0.29) is 5.69 Å². The normalized spacial score (nSPS) is 10.4. The van der Waals surface area contributed by atoms with E-state index >= 15 is 0 Å².